The molecule has 0 aromatic heterocycles. The third-order valence-corrected chi connectivity index (χ3v) is 22.1. The minimum atomic E-state index is -0.904. The smallest absolute Gasteiger partial charge is 0.234 e. The number of hydrogen-bond acceptors (Lipinski definition) is 23. The van der Waals surface area contributed by atoms with Crippen LogP contribution in [0.2, 0.25) is 0 Å². The van der Waals surface area contributed by atoms with Crippen LogP contribution in [-0.2, 0) is 110 Å². The molecule has 3 aromatic rings. The first-order valence-corrected chi connectivity index (χ1v) is 40.9. The average molecular weight is 1610 g/mol. The molecule has 1 aliphatic carbocycles. The first-order valence-electron chi connectivity index (χ1n) is 40.5. The van der Waals surface area contributed by atoms with Gasteiger partial charge in [0.1, 0.15) is 16.8 Å². The highest BCUT2D eigenvalue weighted by Gasteiger charge is 2.53. The van der Waals surface area contributed by atoms with Crippen LogP contribution in [0.3, 0.4) is 0 Å². The van der Waals surface area contributed by atoms with Crippen LogP contribution in [0.15, 0.2) is 91.0 Å². The molecule has 0 unspecified atom stereocenters. The van der Waals surface area contributed by atoms with Gasteiger partial charge in [0.15, 0.2) is 34.7 Å². The molecule has 7 fully saturated rings. The first-order chi connectivity index (χ1) is 54.3. The Morgan fingerprint density at radius 1 is 0.447 bits per heavy atom. The molecule has 0 spiro atoms. The summed E-state index contributed by atoms with van der Waals surface area (Å²) in [6.45, 7) is 23.0. The molecule has 6 N–H and O–H groups in total. The maximum Gasteiger partial charge on any atom is 0.234 e. The highest BCUT2D eigenvalue weighted by Crippen LogP contribution is 2.35. The van der Waals surface area contributed by atoms with E-state index in [9.17, 15) is 57.5 Å². The van der Waals surface area contributed by atoms with Gasteiger partial charge in [0.2, 0.25) is 35.4 Å². The van der Waals surface area contributed by atoms with Gasteiger partial charge < -0.3 is 65.1 Å². The van der Waals surface area contributed by atoms with E-state index < -0.39 is 81.5 Å². The van der Waals surface area contributed by atoms with E-state index in [0.29, 0.717) is 137 Å². The van der Waals surface area contributed by atoms with Gasteiger partial charge in [-0.3, -0.25) is 72.2 Å². The van der Waals surface area contributed by atoms with Crippen molar-refractivity contribution in [3.8, 4) is 0 Å². The number of thiol groups is 1. The number of ether oxygens (including phenoxy) is 7. The van der Waals surface area contributed by atoms with Crippen molar-refractivity contribution >= 4 is 82.8 Å². The van der Waals surface area contributed by atoms with Crippen LogP contribution in [0.25, 0.3) is 0 Å². The molecule has 28 nitrogen and oxygen atoms in total. The van der Waals surface area contributed by atoms with E-state index in [4.69, 9.17) is 33.2 Å². The number of methoxy groups -OCH3 is 1. The van der Waals surface area contributed by atoms with E-state index in [1.54, 1.807) is 41.5 Å². The molecule has 7 aliphatic rings. The highest BCUT2D eigenvalue weighted by atomic mass is 32.1. The number of nitrogens with one attached hydrogen (secondary N) is 6. The predicted molar refractivity (Wildman–Crippen MR) is 429 cm³/mol. The van der Waals surface area contributed by atoms with Crippen LogP contribution in [0.1, 0.15) is 136 Å². The van der Waals surface area contributed by atoms with Crippen molar-refractivity contribution in [3.05, 3.63) is 108 Å². The third-order valence-electron chi connectivity index (χ3n) is 21.9. The second kappa shape index (κ2) is 44.7. The number of Topliss-reactive ketones (excluding diaryl/α,β-unsaturated/α-hetero) is 6. The second-order valence-corrected chi connectivity index (χ2v) is 34.0. The lowest BCUT2D eigenvalue weighted by Gasteiger charge is -2.29. The fourth-order valence-electron chi connectivity index (χ4n) is 14.5. The number of ketones is 6. The number of carbonyl (C=O) groups is 12. The van der Waals surface area contributed by atoms with Crippen molar-refractivity contribution in [2.24, 2.45) is 23.7 Å². The van der Waals surface area contributed by atoms with Crippen molar-refractivity contribution in [1.29, 1.82) is 0 Å². The van der Waals surface area contributed by atoms with Crippen molar-refractivity contribution in [1.82, 2.24) is 46.6 Å². The van der Waals surface area contributed by atoms with Crippen molar-refractivity contribution in [2.45, 2.75) is 197 Å². The molecule has 29 heteroatoms. The summed E-state index contributed by atoms with van der Waals surface area (Å²) in [5.41, 5.74) is 0.0757. The second-order valence-electron chi connectivity index (χ2n) is 32.8. The Bertz CT molecular complexity index is 3660. The fraction of sp³-hybridized carbons (Fsp3) is 0.647. The summed E-state index contributed by atoms with van der Waals surface area (Å²) in [7, 11) is 1.45. The zero-order valence-electron chi connectivity index (χ0n) is 68.1. The standard InChI is InChI=1S/C31H45N3O6.C28H41N3O6S.C26H37N3O7/c1-22(32-28(36)20-34-13-15-39-16-14-34)27(35)19-25(17-23-9-5-3-6-10-23)30(38)33-26(29(37)31(2)21-40-31)18-24-11-7-4-8-12-24;1-19(29-24(33)17-31-10-12-36-13-11-31)23(32)15-21(16-27(2,3)38)26(35)30-22(25(34)28(4)18-37-28)14-20-8-6-5-7-9-20;1-18(27-23(31)15-29-9-11-35-12-10-29)22(30)14-20(16-34-3)25(33)28-21(24(32)26(2)17-36-26)13-19-7-5-4-6-8-19/h4,7-8,11-12,22-23,25-26H,3,5-6,9-10,13-21H2,1-2H3,(H,32,36)(H,33,38);5-9,19,21-22,38H,10-18H2,1-4H3,(H,29,33)(H,30,35);4-8,18,20-21H,9-17H2,1-3H3,(H,27,31)(H,28,33)/t22-,25+,26-,31+;19-,21-,22-,28+;18-,20-,21-,26+/m000/s1. The number of morpholine rings is 3. The Hall–Kier alpha value is -7.55. The lowest BCUT2D eigenvalue weighted by atomic mass is 9.80. The predicted octanol–water partition coefficient (Wildman–Crippen LogP) is 4.17. The summed E-state index contributed by atoms with van der Waals surface area (Å²) in [6.07, 6.45) is 7.30. The minimum Gasteiger partial charge on any atom is -0.384 e. The quantitative estimate of drug-likeness (QED) is 0.0309. The van der Waals surface area contributed by atoms with Crippen molar-refractivity contribution in [3.63, 3.8) is 0 Å². The van der Waals surface area contributed by atoms with E-state index >= 15 is 0 Å². The molecular formula is C85H123N9O19S. The molecule has 114 heavy (non-hydrogen) atoms. The molecular weight excluding hydrogens is 1480 g/mol. The van der Waals surface area contributed by atoms with E-state index in [1.807, 2.05) is 120 Å². The summed E-state index contributed by atoms with van der Waals surface area (Å²) in [5, 5.41) is 17.1. The van der Waals surface area contributed by atoms with Crippen molar-refractivity contribution in [2.75, 3.05) is 132 Å². The molecule has 3 aromatic carbocycles. The summed E-state index contributed by atoms with van der Waals surface area (Å²) in [5.74, 6) is -4.76. The van der Waals surface area contributed by atoms with E-state index in [1.165, 1.54) is 13.5 Å². The maximum atomic E-state index is 13.8. The van der Waals surface area contributed by atoms with Gasteiger partial charge in [-0.25, -0.2) is 0 Å². The van der Waals surface area contributed by atoms with Crippen LogP contribution >= 0.6 is 12.6 Å². The molecule has 10 rings (SSSR count). The fourth-order valence-corrected chi connectivity index (χ4v) is 14.8. The lowest BCUT2D eigenvalue weighted by molar-refractivity contribution is -0.135. The van der Waals surface area contributed by atoms with Crippen molar-refractivity contribution < 1.29 is 90.7 Å². The largest absolute Gasteiger partial charge is 0.384 e. The molecule has 12 atom stereocenters. The van der Waals surface area contributed by atoms with Crippen LogP contribution in [0.4, 0.5) is 0 Å². The van der Waals surface area contributed by atoms with Gasteiger partial charge in [0, 0.05) is 82.2 Å². The summed E-state index contributed by atoms with van der Waals surface area (Å²) < 4.78 is 36.7. The number of epoxide rings is 3. The lowest BCUT2D eigenvalue weighted by Crippen LogP contribution is -2.51. The van der Waals surface area contributed by atoms with Crippen LogP contribution in [-0.4, -0.2) is 275 Å². The van der Waals surface area contributed by atoms with Gasteiger partial charge in [0.25, 0.3) is 0 Å². The van der Waals surface area contributed by atoms with Gasteiger partial charge in [-0.05, 0) is 96.3 Å². The Labute approximate surface area is 676 Å². The molecule has 6 aliphatic heterocycles. The summed E-state index contributed by atoms with van der Waals surface area (Å²) >= 11 is 4.60. The van der Waals surface area contributed by atoms with Crippen LogP contribution in [0.5, 0.6) is 0 Å². The number of amides is 6. The zero-order chi connectivity index (χ0) is 82.6. The number of hydrogen-bond donors (Lipinski definition) is 7. The van der Waals surface area contributed by atoms with E-state index in [-0.39, 0.29) is 110 Å². The number of carbonyl (C=O) groups excluding carboxylic acids is 12. The average Bonchev–Trinajstić information content (AvgIpc) is 1.65. The monoisotopic (exact) mass is 1610 g/mol. The number of nitrogens with zero attached hydrogens (tertiary/aromatic N) is 3. The molecule has 6 amide bonds. The van der Waals surface area contributed by atoms with Gasteiger partial charge in [-0.2, -0.15) is 12.6 Å². The molecule has 6 heterocycles. The SMILES string of the molecule is COC[C@H](CC(=O)[C@H](C)NC(=O)CN1CCOCC1)C(=O)N[C@@H](Cc1ccccc1)C(=O)[C@@]1(C)CO1.C[C@H](NC(=O)CN1CCOCC1)C(=O)C[C@@H](CC(C)(C)S)C(=O)N[C@@H](Cc1ccccc1)C(=O)[C@@]1(C)CO1.C[C@H](NC(=O)CN1CCOCC1)C(=O)C[C@@H](CC1CCCCC1)C(=O)N[C@@H](Cc1ccccc1)C(=O)[C@@]1(C)CO1. The maximum absolute atomic E-state index is 13.8. The van der Waals surface area contributed by atoms with Gasteiger partial charge in [-0.15, -0.1) is 0 Å². The Morgan fingerprint density at radius 3 is 1.04 bits per heavy atom. The normalized spacial score (nSPS) is 22.8. The van der Waals surface area contributed by atoms with E-state index in [2.05, 4.69) is 44.5 Å². The summed E-state index contributed by atoms with van der Waals surface area (Å²) in [4.78, 5) is 163. The zero-order valence-corrected chi connectivity index (χ0v) is 69.0. The highest BCUT2D eigenvalue weighted by molar-refractivity contribution is 7.81. The Morgan fingerprint density at radius 2 is 0.737 bits per heavy atom. The minimum absolute atomic E-state index is 0.00598. The molecule has 1 saturated carbocycles. The Balaban J connectivity index is 0.000000214. The first kappa shape index (κ1) is 92.0. The number of rotatable bonds is 42. The van der Waals surface area contributed by atoms with Crippen LogP contribution in [0, 0.1) is 23.7 Å². The summed E-state index contributed by atoms with van der Waals surface area (Å²) in [6, 6.07) is 23.9. The Kier molecular flexibility index (Phi) is 36.1. The van der Waals surface area contributed by atoms with Gasteiger partial charge in [-0.1, -0.05) is 137 Å². The number of benzene rings is 3. The third kappa shape index (κ3) is 31.1. The van der Waals surface area contributed by atoms with E-state index in [0.717, 1.165) is 42.4 Å². The van der Waals surface area contributed by atoms with Crippen LogP contribution < -0.4 is 31.9 Å². The molecule has 0 bridgehead atoms. The molecule has 0 radical (unpaired) electrons. The topological polar surface area (TPSA) is 361 Å². The van der Waals surface area contributed by atoms with Gasteiger partial charge >= 0.3 is 0 Å². The molecule has 628 valence electrons. The molecule has 6 saturated heterocycles. The van der Waals surface area contributed by atoms with Gasteiger partial charge in [0.05, 0.1) is 128 Å².